The van der Waals surface area contributed by atoms with Crippen LogP contribution in [-0.4, -0.2) is 6.10 Å². The predicted octanol–water partition coefficient (Wildman–Crippen LogP) is 7.43. The average molecular weight is 333 g/mol. The van der Waals surface area contributed by atoms with Gasteiger partial charge in [-0.3, -0.25) is 0 Å². The molecule has 2 rings (SSSR count). The lowest BCUT2D eigenvalue weighted by atomic mass is 9.77. The summed E-state index contributed by atoms with van der Waals surface area (Å²) >= 11 is 0. The standard InChI is InChI=1S/C23H40O/c1-3-5-7-8-20-9-11-21(12-10-20)13-14-22-15-17-23(18-16-22)24-19-6-4-2/h6-8,19-23H,3-5,9-18H2,1-2H3/b8-7+,19-6+. The molecule has 0 bridgehead atoms. The van der Waals surface area contributed by atoms with E-state index in [1.165, 1.54) is 77.0 Å². The third-order valence-corrected chi connectivity index (χ3v) is 6.13. The molecule has 1 heteroatoms. The second-order valence-electron chi connectivity index (χ2n) is 8.13. The maximum atomic E-state index is 5.83. The molecule has 0 aliphatic heterocycles. The van der Waals surface area contributed by atoms with Crippen LogP contribution in [0.5, 0.6) is 0 Å². The number of rotatable bonds is 9. The Morgan fingerprint density at radius 2 is 1.42 bits per heavy atom. The van der Waals surface area contributed by atoms with Gasteiger partial charge in [0.15, 0.2) is 0 Å². The molecule has 0 unspecified atom stereocenters. The first-order valence-corrected chi connectivity index (χ1v) is 10.8. The first kappa shape index (κ1) is 19.6. The maximum absolute atomic E-state index is 5.83. The van der Waals surface area contributed by atoms with Crippen molar-refractivity contribution in [2.24, 2.45) is 17.8 Å². The van der Waals surface area contributed by atoms with Gasteiger partial charge >= 0.3 is 0 Å². The van der Waals surface area contributed by atoms with E-state index in [9.17, 15) is 0 Å². The first-order chi connectivity index (χ1) is 11.8. The second-order valence-corrected chi connectivity index (χ2v) is 8.13. The van der Waals surface area contributed by atoms with Crippen LogP contribution in [0.2, 0.25) is 0 Å². The number of hydrogen-bond acceptors (Lipinski definition) is 1. The summed E-state index contributed by atoms with van der Waals surface area (Å²) in [4.78, 5) is 0. The van der Waals surface area contributed by atoms with Crippen LogP contribution >= 0.6 is 0 Å². The Hall–Kier alpha value is -0.720. The molecule has 0 heterocycles. The van der Waals surface area contributed by atoms with Crippen LogP contribution in [0.3, 0.4) is 0 Å². The summed E-state index contributed by atoms with van der Waals surface area (Å²) in [5.74, 6) is 2.88. The minimum Gasteiger partial charge on any atom is -0.498 e. The van der Waals surface area contributed by atoms with Crippen molar-refractivity contribution in [1.82, 2.24) is 0 Å². The molecule has 0 N–H and O–H groups in total. The molecule has 2 saturated carbocycles. The molecule has 0 amide bonds. The highest BCUT2D eigenvalue weighted by molar-refractivity contribution is 4.91. The van der Waals surface area contributed by atoms with E-state index < -0.39 is 0 Å². The van der Waals surface area contributed by atoms with Crippen LogP contribution in [-0.2, 0) is 4.74 Å². The van der Waals surface area contributed by atoms with Gasteiger partial charge in [0, 0.05) is 0 Å². The van der Waals surface area contributed by atoms with Crippen LogP contribution in [0.4, 0.5) is 0 Å². The third-order valence-electron chi connectivity index (χ3n) is 6.13. The topological polar surface area (TPSA) is 9.23 Å². The highest BCUT2D eigenvalue weighted by Crippen LogP contribution is 2.36. The first-order valence-electron chi connectivity index (χ1n) is 10.8. The molecule has 2 aliphatic carbocycles. The van der Waals surface area contributed by atoms with Gasteiger partial charge in [0.1, 0.15) is 0 Å². The molecule has 1 nitrogen and oxygen atoms in total. The van der Waals surface area contributed by atoms with Gasteiger partial charge in [-0.25, -0.2) is 0 Å². The molecule has 2 aliphatic rings. The smallest absolute Gasteiger partial charge is 0.0978 e. The van der Waals surface area contributed by atoms with Crippen LogP contribution in [0.15, 0.2) is 24.5 Å². The van der Waals surface area contributed by atoms with Crippen molar-refractivity contribution in [2.75, 3.05) is 0 Å². The van der Waals surface area contributed by atoms with Gasteiger partial charge in [0.2, 0.25) is 0 Å². The van der Waals surface area contributed by atoms with E-state index in [1.54, 1.807) is 0 Å². The van der Waals surface area contributed by atoms with Crippen LogP contribution in [0.1, 0.15) is 97.3 Å². The summed E-state index contributed by atoms with van der Waals surface area (Å²) in [6.45, 7) is 4.43. The third kappa shape index (κ3) is 7.45. The largest absolute Gasteiger partial charge is 0.498 e. The van der Waals surface area contributed by atoms with Gasteiger partial charge in [-0.05, 0) is 82.0 Å². The fourth-order valence-electron chi connectivity index (χ4n) is 4.42. The Balaban J connectivity index is 1.55. The van der Waals surface area contributed by atoms with E-state index in [0.29, 0.717) is 6.10 Å². The lowest BCUT2D eigenvalue weighted by Crippen LogP contribution is -2.21. The van der Waals surface area contributed by atoms with Crippen molar-refractivity contribution in [2.45, 2.75) is 103 Å². The summed E-state index contributed by atoms with van der Waals surface area (Å²) in [5.41, 5.74) is 0. The van der Waals surface area contributed by atoms with E-state index in [-0.39, 0.29) is 0 Å². The Labute approximate surface area is 150 Å². The van der Waals surface area contributed by atoms with Crippen molar-refractivity contribution in [3.05, 3.63) is 24.5 Å². The minimum atomic E-state index is 0.495. The summed E-state index contributed by atoms with van der Waals surface area (Å²) in [7, 11) is 0. The zero-order valence-corrected chi connectivity index (χ0v) is 16.2. The number of unbranched alkanes of at least 4 members (excludes halogenated alkanes) is 1. The monoisotopic (exact) mass is 332 g/mol. The quantitative estimate of drug-likeness (QED) is 0.315. The number of hydrogen-bond donors (Lipinski definition) is 0. The molecular weight excluding hydrogens is 292 g/mol. The summed E-state index contributed by atoms with van der Waals surface area (Å²) in [6, 6.07) is 0. The number of allylic oxidation sites excluding steroid dienone is 3. The molecule has 138 valence electrons. The SMILES string of the molecule is CC/C=C/OC1CCC(CCC2CCC(/C=C/CCC)CC2)CC1. The van der Waals surface area contributed by atoms with Gasteiger partial charge in [0.25, 0.3) is 0 Å². The summed E-state index contributed by atoms with van der Waals surface area (Å²) < 4.78 is 5.83. The predicted molar refractivity (Wildman–Crippen MR) is 105 cm³/mol. The Kier molecular flexibility index (Phi) is 9.61. The van der Waals surface area contributed by atoms with Crippen molar-refractivity contribution < 1.29 is 4.74 Å². The van der Waals surface area contributed by atoms with Crippen LogP contribution in [0, 0.1) is 17.8 Å². The molecule has 24 heavy (non-hydrogen) atoms. The van der Waals surface area contributed by atoms with Gasteiger partial charge in [-0.2, -0.15) is 0 Å². The number of ether oxygens (including phenoxy) is 1. The van der Waals surface area contributed by atoms with E-state index in [1.807, 2.05) is 6.26 Å². The second kappa shape index (κ2) is 11.8. The molecule has 0 saturated heterocycles. The Morgan fingerprint density at radius 3 is 2.00 bits per heavy atom. The molecule has 2 fully saturated rings. The molecule has 0 radical (unpaired) electrons. The lowest BCUT2D eigenvalue weighted by Gasteiger charge is -2.31. The maximum Gasteiger partial charge on any atom is 0.0978 e. The van der Waals surface area contributed by atoms with Crippen molar-refractivity contribution in [3.8, 4) is 0 Å². The summed E-state index contributed by atoms with van der Waals surface area (Å²) in [5, 5.41) is 0. The lowest BCUT2D eigenvalue weighted by molar-refractivity contribution is 0.0839. The van der Waals surface area contributed by atoms with E-state index in [4.69, 9.17) is 4.74 Å². The zero-order chi connectivity index (χ0) is 17.0. The Morgan fingerprint density at radius 1 is 0.792 bits per heavy atom. The van der Waals surface area contributed by atoms with E-state index >= 15 is 0 Å². The molecule has 0 aromatic rings. The average Bonchev–Trinajstić information content (AvgIpc) is 2.63. The van der Waals surface area contributed by atoms with E-state index in [2.05, 4.69) is 32.1 Å². The fraction of sp³-hybridized carbons (Fsp3) is 0.826. The Bertz CT molecular complexity index is 354. The molecule has 0 atom stereocenters. The van der Waals surface area contributed by atoms with Gasteiger partial charge in [0.05, 0.1) is 12.4 Å². The van der Waals surface area contributed by atoms with Crippen molar-refractivity contribution in [1.29, 1.82) is 0 Å². The molecular formula is C23H40O. The fourth-order valence-corrected chi connectivity index (χ4v) is 4.42. The normalized spacial score (nSPS) is 31.8. The van der Waals surface area contributed by atoms with Crippen LogP contribution < -0.4 is 0 Å². The van der Waals surface area contributed by atoms with Crippen molar-refractivity contribution in [3.63, 3.8) is 0 Å². The van der Waals surface area contributed by atoms with Gasteiger partial charge in [-0.15, -0.1) is 0 Å². The molecule has 0 spiro atoms. The van der Waals surface area contributed by atoms with Crippen LogP contribution in [0.25, 0.3) is 0 Å². The zero-order valence-electron chi connectivity index (χ0n) is 16.2. The minimum absolute atomic E-state index is 0.495. The van der Waals surface area contributed by atoms with Gasteiger partial charge in [-0.1, -0.05) is 51.3 Å². The van der Waals surface area contributed by atoms with Crippen molar-refractivity contribution >= 4 is 0 Å². The van der Waals surface area contributed by atoms with Gasteiger partial charge < -0.3 is 4.74 Å². The van der Waals surface area contributed by atoms with E-state index in [0.717, 1.165) is 24.2 Å². The highest BCUT2D eigenvalue weighted by atomic mass is 16.5. The summed E-state index contributed by atoms with van der Waals surface area (Å²) in [6.07, 6.45) is 27.2. The molecule has 0 aromatic carbocycles. The molecule has 0 aromatic heterocycles. The highest BCUT2D eigenvalue weighted by Gasteiger charge is 2.24.